The minimum Gasteiger partial charge on any atom is -0.493 e. The number of hydrogen-bond acceptors (Lipinski definition) is 5. The van der Waals surface area contributed by atoms with Crippen molar-refractivity contribution in [3.05, 3.63) is 29.3 Å². The van der Waals surface area contributed by atoms with E-state index in [1.807, 2.05) is 0 Å². The Bertz CT molecular complexity index is 602. The van der Waals surface area contributed by atoms with Crippen LogP contribution >= 0.6 is 0 Å². The van der Waals surface area contributed by atoms with Crippen molar-refractivity contribution in [3.63, 3.8) is 0 Å². The molecule has 0 radical (unpaired) electrons. The average Bonchev–Trinajstić information content (AvgIpc) is 2.79. The first-order valence-electron chi connectivity index (χ1n) is 7.08. The number of esters is 1. The van der Waals surface area contributed by atoms with Gasteiger partial charge in [-0.3, -0.25) is 0 Å². The van der Waals surface area contributed by atoms with E-state index < -0.39 is 41.3 Å². The number of halogens is 2. The molecule has 0 unspecified atom stereocenters. The van der Waals surface area contributed by atoms with Gasteiger partial charge in [-0.1, -0.05) is 6.07 Å². The number of carbonyl (C=O) groups is 1. The number of ether oxygens (including phenoxy) is 4. The van der Waals surface area contributed by atoms with Crippen molar-refractivity contribution < 1.29 is 32.5 Å². The molecule has 1 heterocycles. The first-order chi connectivity index (χ1) is 10.8. The summed E-state index contributed by atoms with van der Waals surface area (Å²) < 4.78 is 48.6. The summed E-state index contributed by atoms with van der Waals surface area (Å²) in [5.74, 6) is -3.74. The monoisotopic (exact) mass is 330 g/mol. The summed E-state index contributed by atoms with van der Waals surface area (Å²) in [5, 5.41) is 0. The Balaban J connectivity index is 2.61. The van der Waals surface area contributed by atoms with E-state index >= 15 is 0 Å². The lowest BCUT2D eigenvalue weighted by Gasteiger charge is -2.28. The number of methoxy groups -OCH3 is 3. The fourth-order valence-electron chi connectivity index (χ4n) is 3.14. The Labute approximate surface area is 133 Å². The van der Waals surface area contributed by atoms with Crippen molar-refractivity contribution >= 4 is 5.97 Å². The standard InChI is InChI=1S/C16H20F2O5/c1-16(2)14(21-4)10(13(23-16)15(19)22-5)8-6-7-9(17)11(18)12(8)20-3/h6-7,10,13-14H,1-5H3/t10-,13+,14-/m0/s1. The number of benzene rings is 1. The summed E-state index contributed by atoms with van der Waals surface area (Å²) in [7, 11) is 3.93. The molecule has 1 aromatic carbocycles. The summed E-state index contributed by atoms with van der Waals surface area (Å²) in [5.41, 5.74) is -0.534. The highest BCUT2D eigenvalue weighted by Gasteiger charge is 2.54. The fourth-order valence-corrected chi connectivity index (χ4v) is 3.14. The molecule has 0 bridgehead atoms. The Morgan fingerprint density at radius 3 is 2.39 bits per heavy atom. The Hall–Kier alpha value is -1.73. The van der Waals surface area contributed by atoms with Crippen molar-refractivity contribution in [2.75, 3.05) is 21.3 Å². The molecule has 3 atom stereocenters. The van der Waals surface area contributed by atoms with E-state index in [1.54, 1.807) is 13.8 Å². The highest BCUT2D eigenvalue weighted by molar-refractivity contribution is 5.77. The predicted octanol–water partition coefficient (Wildman–Crippen LogP) is 2.42. The van der Waals surface area contributed by atoms with Crippen LogP contribution in [0.2, 0.25) is 0 Å². The van der Waals surface area contributed by atoms with Crippen molar-refractivity contribution in [2.45, 2.75) is 37.6 Å². The lowest BCUT2D eigenvalue weighted by atomic mass is 9.84. The molecule has 0 aliphatic carbocycles. The molecule has 0 spiro atoms. The zero-order valence-electron chi connectivity index (χ0n) is 13.7. The van der Waals surface area contributed by atoms with Crippen molar-refractivity contribution in [1.29, 1.82) is 0 Å². The number of hydrogen-bond donors (Lipinski definition) is 0. The summed E-state index contributed by atoms with van der Waals surface area (Å²) in [4.78, 5) is 12.1. The first-order valence-corrected chi connectivity index (χ1v) is 7.08. The van der Waals surface area contributed by atoms with E-state index in [0.717, 1.165) is 6.07 Å². The molecule has 1 aliphatic heterocycles. The molecule has 0 aromatic heterocycles. The molecule has 128 valence electrons. The second-order valence-corrected chi connectivity index (χ2v) is 5.83. The van der Waals surface area contributed by atoms with Gasteiger partial charge in [0.2, 0.25) is 5.82 Å². The second-order valence-electron chi connectivity index (χ2n) is 5.83. The van der Waals surface area contributed by atoms with E-state index in [0.29, 0.717) is 5.56 Å². The van der Waals surface area contributed by atoms with Crippen molar-refractivity contribution in [1.82, 2.24) is 0 Å². The van der Waals surface area contributed by atoms with E-state index in [2.05, 4.69) is 0 Å². The SMILES string of the molecule is COC(=O)[C@@H]1OC(C)(C)[C@@H](OC)[C@H]1c1ccc(F)c(F)c1OC. The Morgan fingerprint density at radius 2 is 1.87 bits per heavy atom. The number of rotatable bonds is 4. The Morgan fingerprint density at radius 1 is 1.22 bits per heavy atom. The van der Waals surface area contributed by atoms with Gasteiger partial charge in [-0.05, 0) is 19.9 Å². The van der Waals surface area contributed by atoms with Crippen LogP contribution in [-0.4, -0.2) is 45.1 Å². The second kappa shape index (κ2) is 6.41. The van der Waals surface area contributed by atoms with Crippen LogP contribution in [0.5, 0.6) is 5.75 Å². The van der Waals surface area contributed by atoms with E-state index in [1.165, 1.54) is 27.4 Å². The molecule has 1 aliphatic rings. The Kier molecular flexibility index (Phi) is 4.91. The molecule has 7 heteroatoms. The molecule has 2 rings (SSSR count). The maximum atomic E-state index is 14.1. The van der Waals surface area contributed by atoms with Gasteiger partial charge in [0.15, 0.2) is 17.7 Å². The van der Waals surface area contributed by atoms with Gasteiger partial charge in [-0.25, -0.2) is 9.18 Å². The maximum Gasteiger partial charge on any atom is 0.335 e. The van der Waals surface area contributed by atoms with Gasteiger partial charge in [0.05, 0.1) is 31.8 Å². The van der Waals surface area contributed by atoms with Crippen molar-refractivity contribution in [2.24, 2.45) is 0 Å². The van der Waals surface area contributed by atoms with Gasteiger partial charge >= 0.3 is 5.97 Å². The lowest BCUT2D eigenvalue weighted by molar-refractivity contribution is -0.158. The third-order valence-electron chi connectivity index (χ3n) is 4.10. The minimum absolute atomic E-state index is 0.271. The van der Waals surface area contributed by atoms with Crippen LogP contribution in [0.1, 0.15) is 25.3 Å². The molecule has 0 amide bonds. The highest BCUT2D eigenvalue weighted by atomic mass is 19.2. The quantitative estimate of drug-likeness (QED) is 0.794. The van der Waals surface area contributed by atoms with Crippen molar-refractivity contribution in [3.8, 4) is 5.75 Å². The first kappa shape index (κ1) is 17.6. The molecular weight excluding hydrogens is 310 g/mol. The lowest BCUT2D eigenvalue weighted by Crippen LogP contribution is -2.36. The van der Waals surface area contributed by atoms with E-state index in [9.17, 15) is 13.6 Å². The number of carbonyl (C=O) groups excluding carboxylic acids is 1. The smallest absolute Gasteiger partial charge is 0.335 e. The topological polar surface area (TPSA) is 54.0 Å². The van der Waals surface area contributed by atoms with E-state index in [4.69, 9.17) is 18.9 Å². The van der Waals surface area contributed by atoms with Gasteiger partial charge < -0.3 is 18.9 Å². The predicted molar refractivity (Wildman–Crippen MR) is 77.4 cm³/mol. The molecule has 0 saturated carbocycles. The van der Waals surface area contributed by atoms with Crippen LogP contribution in [0.15, 0.2) is 12.1 Å². The third-order valence-corrected chi connectivity index (χ3v) is 4.10. The normalized spacial score (nSPS) is 26.1. The molecule has 1 aromatic rings. The zero-order chi connectivity index (χ0) is 17.4. The average molecular weight is 330 g/mol. The van der Waals surface area contributed by atoms with Crippen LogP contribution in [0, 0.1) is 11.6 Å². The molecule has 1 saturated heterocycles. The van der Waals surface area contributed by atoms with E-state index in [-0.39, 0.29) is 5.75 Å². The maximum absolute atomic E-state index is 14.1. The highest BCUT2D eigenvalue weighted by Crippen LogP contribution is 2.46. The molecule has 5 nitrogen and oxygen atoms in total. The third kappa shape index (κ3) is 2.90. The summed E-state index contributed by atoms with van der Waals surface area (Å²) in [6, 6.07) is 2.36. The van der Waals surface area contributed by atoms with Crippen LogP contribution in [0.4, 0.5) is 8.78 Å². The van der Waals surface area contributed by atoms with Gasteiger partial charge in [0.1, 0.15) is 0 Å². The molecule has 0 N–H and O–H groups in total. The summed E-state index contributed by atoms with van der Waals surface area (Å²) in [6.07, 6.45) is -1.59. The van der Waals surface area contributed by atoms with Crippen LogP contribution < -0.4 is 4.74 Å². The summed E-state index contributed by atoms with van der Waals surface area (Å²) in [6.45, 7) is 3.51. The van der Waals surface area contributed by atoms with Gasteiger partial charge in [-0.15, -0.1) is 0 Å². The van der Waals surface area contributed by atoms with Gasteiger partial charge in [0, 0.05) is 12.7 Å². The van der Waals surface area contributed by atoms with Crippen LogP contribution in [0.3, 0.4) is 0 Å². The van der Waals surface area contributed by atoms with Gasteiger partial charge in [-0.2, -0.15) is 4.39 Å². The minimum atomic E-state index is -1.12. The molecule has 1 fully saturated rings. The zero-order valence-corrected chi connectivity index (χ0v) is 13.7. The molecular formula is C16H20F2O5. The largest absolute Gasteiger partial charge is 0.493 e. The van der Waals surface area contributed by atoms with Crippen LogP contribution in [0.25, 0.3) is 0 Å². The van der Waals surface area contributed by atoms with Gasteiger partial charge in [0.25, 0.3) is 0 Å². The van der Waals surface area contributed by atoms with Crippen LogP contribution in [-0.2, 0) is 19.0 Å². The molecule has 23 heavy (non-hydrogen) atoms. The fraction of sp³-hybridized carbons (Fsp3) is 0.562. The summed E-state index contributed by atoms with van der Waals surface area (Å²) >= 11 is 0.